The summed E-state index contributed by atoms with van der Waals surface area (Å²) in [5, 5.41) is 10.0. The van der Waals surface area contributed by atoms with Gasteiger partial charge in [-0.05, 0) is 54.4 Å². The van der Waals surface area contributed by atoms with Crippen molar-refractivity contribution in [2.24, 2.45) is 0 Å². The SMILES string of the molecule is COC(=O)C(C#N)(Oc1cccc(F)c1)c1cc(OCc2ccc3ncoc3c2)ccc1C. The molecule has 0 N–H and O–H groups in total. The van der Waals surface area contributed by atoms with Crippen LogP contribution in [0.3, 0.4) is 0 Å². The Hall–Kier alpha value is -4.38. The lowest BCUT2D eigenvalue weighted by Gasteiger charge is -2.27. The van der Waals surface area contributed by atoms with E-state index >= 15 is 0 Å². The van der Waals surface area contributed by atoms with Crippen LogP contribution in [0.4, 0.5) is 4.39 Å². The molecule has 0 amide bonds. The van der Waals surface area contributed by atoms with Crippen LogP contribution in [0.5, 0.6) is 11.5 Å². The Labute approximate surface area is 188 Å². The van der Waals surface area contributed by atoms with Crippen LogP contribution in [0.25, 0.3) is 11.1 Å². The summed E-state index contributed by atoms with van der Waals surface area (Å²) < 4.78 is 35.6. The average Bonchev–Trinajstić information content (AvgIpc) is 3.29. The number of rotatable bonds is 7. The van der Waals surface area contributed by atoms with Crippen molar-refractivity contribution in [3.8, 4) is 17.6 Å². The van der Waals surface area contributed by atoms with Crippen LogP contribution < -0.4 is 9.47 Å². The standard InChI is InChI=1S/C25H19FN2O5/c1-16-6-8-19(31-13-17-7-9-22-23(10-17)32-15-28-22)12-21(16)25(14-27,24(29)30-2)33-20-5-3-4-18(26)11-20/h3-12,15H,13H2,1-2H3. The predicted octanol–water partition coefficient (Wildman–Crippen LogP) is 4.83. The lowest BCUT2D eigenvalue weighted by Crippen LogP contribution is -2.42. The summed E-state index contributed by atoms with van der Waals surface area (Å²) >= 11 is 0. The number of carbonyl (C=O) groups excluding carboxylic acids is 1. The first-order chi connectivity index (χ1) is 15.9. The quantitative estimate of drug-likeness (QED) is 0.376. The molecule has 33 heavy (non-hydrogen) atoms. The van der Waals surface area contributed by atoms with Crippen LogP contribution in [0.15, 0.2) is 71.5 Å². The zero-order chi connectivity index (χ0) is 23.4. The van der Waals surface area contributed by atoms with E-state index in [4.69, 9.17) is 18.6 Å². The van der Waals surface area contributed by atoms with Crippen LogP contribution in [-0.2, 0) is 21.7 Å². The van der Waals surface area contributed by atoms with Gasteiger partial charge in [0.1, 0.15) is 35.5 Å². The Kier molecular flexibility index (Phi) is 5.96. The first kappa shape index (κ1) is 21.8. The average molecular weight is 446 g/mol. The normalized spacial score (nSPS) is 12.5. The maximum Gasteiger partial charge on any atom is 0.370 e. The zero-order valence-electron chi connectivity index (χ0n) is 17.9. The first-order valence-electron chi connectivity index (χ1n) is 9.95. The van der Waals surface area contributed by atoms with Crippen molar-refractivity contribution in [3.63, 3.8) is 0 Å². The van der Waals surface area contributed by atoms with E-state index in [1.165, 1.54) is 24.6 Å². The number of hydrogen-bond donors (Lipinski definition) is 0. The molecular weight excluding hydrogens is 427 g/mol. The topological polar surface area (TPSA) is 94.6 Å². The molecule has 1 aromatic heterocycles. The van der Waals surface area contributed by atoms with Crippen LogP contribution in [0.2, 0.25) is 0 Å². The number of halogens is 1. The molecule has 1 heterocycles. The molecule has 0 saturated heterocycles. The third-order valence-electron chi connectivity index (χ3n) is 5.09. The van der Waals surface area contributed by atoms with Crippen molar-refractivity contribution in [3.05, 3.63) is 89.6 Å². The second kappa shape index (κ2) is 9.01. The van der Waals surface area contributed by atoms with E-state index in [1.54, 1.807) is 25.1 Å². The molecule has 0 radical (unpaired) electrons. The molecule has 0 aliphatic heterocycles. The van der Waals surface area contributed by atoms with Crippen molar-refractivity contribution in [2.45, 2.75) is 19.1 Å². The van der Waals surface area contributed by atoms with Gasteiger partial charge in [-0.2, -0.15) is 5.26 Å². The molecule has 0 spiro atoms. The number of benzene rings is 3. The van der Waals surface area contributed by atoms with Crippen molar-refractivity contribution in [1.82, 2.24) is 4.98 Å². The number of aromatic nitrogens is 1. The highest BCUT2D eigenvalue weighted by Gasteiger charge is 2.46. The number of nitrogens with zero attached hydrogens (tertiary/aromatic N) is 2. The minimum absolute atomic E-state index is 0.00744. The highest BCUT2D eigenvalue weighted by Crippen LogP contribution is 2.34. The summed E-state index contributed by atoms with van der Waals surface area (Å²) in [6.07, 6.45) is 1.37. The zero-order valence-corrected chi connectivity index (χ0v) is 17.9. The Morgan fingerprint density at radius 3 is 2.76 bits per heavy atom. The number of carbonyl (C=O) groups is 1. The lowest BCUT2D eigenvalue weighted by molar-refractivity contribution is -0.155. The fourth-order valence-corrected chi connectivity index (χ4v) is 3.41. The number of ether oxygens (including phenoxy) is 3. The summed E-state index contributed by atoms with van der Waals surface area (Å²) in [4.78, 5) is 16.9. The van der Waals surface area contributed by atoms with Gasteiger partial charge in [0, 0.05) is 11.6 Å². The van der Waals surface area contributed by atoms with Crippen LogP contribution in [0.1, 0.15) is 16.7 Å². The van der Waals surface area contributed by atoms with E-state index in [9.17, 15) is 14.4 Å². The summed E-state index contributed by atoms with van der Waals surface area (Å²) in [5.74, 6) is -1.10. The molecule has 0 aliphatic rings. The van der Waals surface area contributed by atoms with Gasteiger partial charge in [-0.25, -0.2) is 14.2 Å². The molecule has 1 unspecified atom stereocenters. The summed E-state index contributed by atoms with van der Waals surface area (Å²) in [6, 6.07) is 17.6. The van der Waals surface area contributed by atoms with Gasteiger partial charge in [-0.3, -0.25) is 0 Å². The molecule has 4 aromatic rings. The summed E-state index contributed by atoms with van der Waals surface area (Å²) in [5.41, 5.74) is 0.876. The number of nitriles is 1. The van der Waals surface area contributed by atoms with Crippen molar-refractivity contribution < 1.29 is 27.8 Å². The Balaban J connectivity index is 1.67. The Bertz CT molecular complexity index is 1360. The van der Waals surface area contributed by atoms with Gasteiger partial charge in [-0.1, -0.05) is 18.2 Å². The summed E-state index contributed by atoms with van der Waals surface area (Å²) in [7, 11) is 1.15. The highest BCUT2D eigenvalue weighted by atomic mass is 19.1. The first-order valence-corrected chi connectivity index (χ1v) is 9.95. The third-order valence-corrected chi connectivity index (χ3v) is 5.09. The number of methoxy groups -OCH3 is 1. The third kappa shape index (κ3) is 4.34. The lowest BCUT2D eigenvalue weighted by atomic mass is 9.90. The van der Waals surface area contributed by atoms with E-state index in [1.807, 2.05) is 24.3 Å². The van der Waals surface area contributed by atoms with E-state index in [0.717, 1.165) is 24.3 Å². The van der Waals surface area contributed by atoms with Gasteiger partial charge in [0.15, 0.2) is 12.0 Å². The molecule has 1 atom stereocenters. The van der Waals surface area contributed by atoms with Gasteiger partial charge in [-0.15, -0.1) is 0 Å². The number of hydrogen-bond acceptors (Lipinski definition) is 7. The maximum atomic E-state index is 13.7. The number of aryl methyl sites for hydroxylation is 1. The minimum atomic E-state index is -2.16. The number of oxazole rings is 1. The minimum Gasteiger partial charge on any atom is -0.489 e. The van der Waals surface area contributed by atoms with Crippen LogP contribution in [0, 0.1) is 24.1 Å². The van der Waals surface area contributed by atoms with Crippen molar-refractivity contribution >= 4 is 17.1 Å². The largest absolute Gasteiger partial charge is 0.489 e. The van der Waals surface area contributed by atoms with Gasteiger partial charge in [0.05, 0.1) is 7.11 Å². The van der Waals surface area contributed by atoms with E-state index in [-0.39, 0.29) is 17.9 Å². The van der Waals surface area contributed by atoms with Crippen LogP contribution >= 0.6 is 0 Å². The van der Waals surface area contributed by atoms with Gasteiger partial charge >= 0.3 is 11.6 Å². The number of fused-ring (bicyclic) bond motifs is 1. The Morgan fingerprint density at radius 1 is 1.15 bits per heavy atom. The highest BCUT2D eigenvalue weighted by molar-refractivity contribution is 5.86. The van der Waals surface area contributed by atoms with Gasteiger partial charge in [0.25, 0.3) is 0 Å². The molecule has 166 valence electrons. The number of esters is 1. The molecule has 7 nitrogen and oxygen atoms in total. The van der Waals surface area contributed by atoms with Gasteiger partial charge in [0.2, 0.25) is 0 Å². The van der Waals surface area contributed by atoms with Crippen molar-refractivity contribution in [1.29, 1.82) is 5.26 Å². The molecule has 0 fully saturated rings. The molecular formula is C25H19FN2O5. The van der Waals surface area contributed by atoms with Gasteiger partial charge < -0.3 is 18.6 Å². The second-order valence-electron chi connectivity index (χ2n) is 7.26. The molecule has 8 heteroatoms. The van der Waals surface area contributed by atoms with E-state index < -0.39 is 17.4 Å². The second-order valence-corrected chi connectivity index (χ2v) is 7.26. The van der Waals surface area contributed by atoms with E-state index in [0.29, 0.717) is 16.9 Å². The van der Waals surface area contributed by atoms with Crippen LogP contribution in [-0.4, -0.2) is 18.1 Å². The Morgan fingerprint density at radius 2 is 2.00 bits per heavy atom. The fraction of sp³-hybridized carbons (Fsp3) is 0.160. The molecule has 3 aromatic carbocycles. The van der Waals surface area contributed by atoms with E-state index in [2.05, 4.69) is 4.98 Å². The monoisotopic (exact) mass is 446 g/mol. The summed E-state index contributed by atoms with van der Waals surface area (Å²) in [6.45, 7) is 1.93. The molecule has 0 aliphatic carbocycles. The van der Waals surface area contributed by atoms with Crippen molar-refractivity contribution in [2.75, 3.05) is 7.11 Å². The fourth-order valence-electron chi connectivity index (χ4n) is 3.41. The molecule has 0 bridgehead atoms. The predicted molar refractivity (Wildman–Crippen MR) is 116 cm³/mol. The maximum absolute atomic E-state index is 13.7. The molecule has 4 rings (SSSR count). The molecule has 0 saturated carbocycles. The smallest absolute Gasteiger partial charge is 0.370 e.